The number of nitrogens with zero attached hydrogens (tertiary/aromatic N) is 6. The van der Waals surface area contributed by atoms with Crippen molar-refractivity contribution in [1.82, 2.24) is 29.5 Å². The Balaban J connectivity index is 1.84. The Labute approximate surface area is 162 Å². The van der Waals surface area contributed by atoms with Gasteiger partial charge in [-0.25, -0.2) is 9.97 Å². The minimum atomic E-state index is 0.245. The molecule has 0 aliphatic heterocycles. The van der Waals surface area contributed by atoms with Crippen molar-refractivity contribution in [3.8, 4) is 10.7 Å². The minimum Gasteiger partial charge on any atom is -0.379 e. The Bertz CT molecular complexity index is 1100. The topological polar surface area (TPSA) is 73.5 Å². The van der Waals surface area contributed by atoms with Gasteiger partial charge in [0.1, 0.15) is 21.7 Å². The summed E-state index contributed by atoms with van der Waals surface area (Å²) in [6, 6.07) is 2.33. The molecule has 0 saturated heterocycles. The van der Waals surface area contributed by atoms with Crippen LogP contribution in [0.4, 0.5) is 5.69 Å². The lowest BCUT2D eigenvalue weighted by atomic mass is 10.2. The van der Waals surface area contributed by atoms with E-state index in [1.807, 2.05) is 48.0 Å². The van der Waals surface area contributed by atoms with Crippen molar-refractivity contribution in [2.75, 3.05) is 5.32 Å². The van der Waals surface area contributed by atoms with Crippen LogP contribution in [-0.4, -0.2) is 29.5 Å². The number of rotatable bonds is 5. The molecule has 0 aromatic carbocycles. The second-order valence-electron chi connectivity index (χ2n) is 7.05. The van der Waals surface area contributed by atoms with E-state index < -0.39 is 0 Å². The first kappa shape index (κ1) is 17.7. The molecule has 8 heteroatoms. The van der Waals surface area contributed by atoms with E-state index in [0.717, 1.165) is 44.4 Å². The maximum absolute atomic E-state index is 4.89. The summed E-state index contributed by atoms with van der Waals surface area (Å²) in [6.07, 6.45) is 3.89. The Hall–Kier alpha value is -2.74. The van der Waals surface area contributed by atoms with Gasteiger partial charge in [-0.1, -0.05) is 0 Å². The molecule has 0 radical (unpaired) electrons. The zero-order chi connectivity index (χ0) is 19.1. The highest BCUT2D eigenvalue weighted by molar-refractivity contribution is 7.13. The predicted molar refractivity (Wildman–Crippen MR) is 109 cm³/mol. The van der Waals surface area contributed by atoms with Gasteiger partial charge in [0.25, 0.3) is 0 Å². The number of pyridine rings is 1. The van der Waals surface area contributed by atoms with Crippen LogP contribution in [0.25, 0.3) is 21.7 Å². The van der Waals surface area contributed by atoms with Crippen molar-refractivity contribution in [2.45, 2.75) is 40.3 Å². The summed E-state index contributed by atoms with van der Waals surface area (Å²) in [6.45, 7) is 8.97. The highest BCUT2D eigenvalue weighted by Crippen LogP contribution is 2.33. The monoisotopic (exact) mass is 381 g/mol. The number of hydrogen-bond acceptors (Lipinski definition) is 6. The lowest BCUT2D eigenvalue weighted by molar-refractivity contribution is 0.547. The van der Waals surface area contributed by atoms with Gasteiger partial charge in [-0.3, -0.25) is 9.36 Å². The van der Waals surface area contributed by atoms with Gasteiger partial charge in [0.2, 0.25) is 0 Å². The summed E-state index contributed by atoms with van der Waals surface area (Å²) in [4.78, 5) is 9.50. The average molecular weight is 382 g/mol. The van der Waals surface area contributed by atoms with Crippen LogP contribution in [0, 0.1) is 13.8 Å². The fourth-order valence-corrected chi connectivity index (χ4v) is 3.89. The summed E-state index contributed by atoms with van der Waals surface area (Å²) in [5.74, 6) is 0. The van der Waals surface area contributed by atoms with Gasteiger partial charge < -0.3 is 5.32 Å². The van der Waals surface area contributed by atoms with Crippen molar-refractivity contribution in [2.24, 2.45) is 7.05 Å². The van der Waals surface area contributed by atoms with Gasteiger partial charge in [0.05, 0.1) is 17.6 Å². The van der Waals surface area contributed by atoms with E-state index in [1.165, 1.54) is 0 Å². The van der Waals surface area contributed by atoms with Crippen LogP contribution in [-0.2, 0) is 13.6 Å². The first-order valence-electron chi connectivity index (χ1n) is 8.96. The van der Waals surface area contributed by atoms with E-state index in [4.69, 9.17) is 10.1 Å². The minimum absolute atomic E-state index is 0.245. The lowest BCUT2D eigenvalue weighted by Gasteiger charge is -2.13. The maximum Gasteiger partial charge on any atom is 0.142 e. The molecule has 0 amide bonds. The summed E-state index contributed by atoms with van der Waals surface area (Å²) in [7, 11) is 1.92. The molecule has 4 heterocycles. The first-order chi connectivity index (χ1) is 12.9. The molecule has 0 unspecified atom stereocenters. The second-order valence-corrected chi connectivity index (χ2v) is 7.90. The van der Waals surface area contributed by atoms with Crippen LogP contribution in [0.3, 0.4) is 0 Å². The number of anilines is 1. The Morgan fingerprint density at radius 3 is 2.67 bits per heavy atom. The fraction of sp³-hybridized carbons (Fsp3) is 0.368. The molecule has 4 aromatic heterocycles. The van der Waals surface area contributed by atoms with E-state index >= 15 is 0 Å². The van der Waals surface area contributed by atoms with Crippen LogP contribution < -0.4 is 5.32 Å². The van der Waals surface area contributed by atoms with Crippen molar-refractivity contribution in [1.29, 1.82) is 0 Å². The zero-order valence-corrected chi connectivity index (χ0v) is 17.0. The van der Waals surface area contributed by atoms with Gasteiger partial charge in [-0.2, -0.15) is 10.2 Å². The Kier molecular flexibility index (Phi) is 4.43. The molecular weight excluding hydrogens is 358 g/mol. The number of aryl methyl sites for hydroxylation is 3. The smallest absolute Gasteiger partial charge is 0.142 e. The molecule has 0 saturated carbocycles. The highest BCUT2D eigenvalue weighted by Gasteiger charge is 2.18. The normalized spacial score (nSPS) is 11.6. The number of nitrogens with one attached hydrogen (secondary N) is 1. The maximum atomic E-state index is 4.89. The molecule has 7 nitrogen and oxygen atoms in total. The number of hydrogen-bond donors (Lipinski definition) is 1. The third-order valence-electron chi connectivity index (χ3n) is 4.39. The van der Waals surface area contributed by atoms with E-state index in [2.05, 4.69) is 35.3 Å². The standard InChI is InChI=1S/C19H23N7S/c1-11(2)26-18-15(20-7-14-8-21-25(5)9-14)6-16(19-22-12(3)10-27-19)23-17(18)13(4)24-26/h6,8-11H,7H2,1-5H3,(H,20,23). The quantitative estimate of drug-likeness (QED) is 0.563. The summed E-state index contributed by atoms with van der Waals surface area (Å²) in [5, 5.41) is 15.5. The van der Waals surface area contributed by atoms with Crippen molar-refractivity contribution >= 4 is 28.1 Å². The van der Waals surface area contributed by atoms with Gasteiger partial charge in [-0.15, -0.1) is 11.3 Å². The van der Waals surface area contributed by atoms with Crippen LogP contribution in [0.1, 0.15) is 36.8 Å². The van der Waals surface area contributed by atoms with Crippen LogP contribution in [0.5, 0.6) is 0 Å². The van der Waals surface area contributed by atoms with Gasteiger partial charge >= 0.3 is 0 Å². The molecule has 27 heavy (non-hydrogen) atoms. The second kappa shape index (κ2) is 6.77. The highest BCUT2D eigenvalue weighted by atomic mass is 32.1. The largest absolute Gasteiger partial charge is 0.379 e. The molecule has 0 atom stereocenters. The van der Waals surface area contributed by atoms with E-state index in [0.29, 0.717) is 6.54 Å². The molecule has 4 aromatic rings. The SMILES string of the molecule is Cc1csc(-c2cc(NCc3cnn(C)c3)c3c(n2)c(C)nn3C(C)C)n1. The van der Waals surface area contributed by atoms with Crippen molar-refractivity contribution < 1.29 is 0 Å². The molecule has 0 aliphatic carbocycles. The molecule has 1 N–H and O–H groups in total. The van der Waals surface area contributed by atoms with Crippen LogP contribution in [0.15, 0.2) is 23.8 Å². The van der Waals surface area contributed by atoms with Gasteiger partial charge in [0.15, 0.2) is 0 Å². The third kappa shape index (κ3) is 3.32. The fourth-order valence-electron chi connectivity index (χ4n) is 3.13. The van der Waals surface area contributed by atoms with Gasteiger partial charge in [-0.05, 0) is 33.8 Å². The Morgan fingerprint density at radius 2 is 2.04 bits per heavy atom. The van der Waals surface area contributed by atoms with E-state index in [1.54, 1.807) is 11.3 Å². The summed E-state index contributed by atoms with van der Waals surface area (Å²) in [5.41, 5.74) is 6.91. The van der Waals surface area contributed by atoms with E-state index in [-0.39, 0.29) is 6.04 Å². The van der Waals surface area contributed by atoms with Crippen LogP contribution >= 0.6 is 11.3 Å². The summed E-state index contributed by atoms with van der Waals surface area (Å²) < 4.78 is 3.85. The molecule has 140 valence electrons. The molecule has 4 rings (SSSR count). The molecule has 0 fully saturated rings. The Morgan fingerprint density at radius 1 is 1.22 bits per heavy atom. The van der Waals surface area contributed by atoms with E-state index in [9.17, 15) is 0 Å². The third-order valence-corrected chi connectivity index (χ3v) is 5.37. The predicted octanol–water partition coefficient (Wildman–Crippen LogP) is 4.10. The number of thiazole rings is 1. The average Bonchev–Trinajstić information content (AvgIpc) is 3.32. The van der Waals surface area contributed by atoms with Crippen molar-refractivity contribution in [3.63, 3.8) is 0 Å². The molecule has 0 spiro atoms. The zero-order valence-electron chi connectivity index (χ0n) is 16.2. The summed E-state index contributed by atoms with van der Waals surface area (Å²) >= 11 is 1.61. The molecule has 0 aliphatic rings. The van der Waals surface area contributed by atoms with Crippen molar-refractivity contribution in [3.05, 3.63) is 40.8 Å². The molecule has 0 bridgehead atoms. The molecular formula is C19H23N7S. The first-order valence-corrected chi connectivity index (χ1v) is 9.84. The number of aromatic nitrogens is 6. The van der Waals surface area contributed by atoms with Gasteiger partial charge in [0, 0.05) is 42.5 Å². The number of fused-ring (bicyclic) bond motifs is 1. The van der Waals surface area contributed by atoms with Crippen LogP contribution in [0.2, 0.25) is 0 Å². The lowest BCUT2D eigenvalue weighted by Crippen LogP contribution is -2.07.